The average molecular weight is 597 g/mol. The number of ether oxygens (including phenoxy) is 2. The van der Waals surface area contributed by atoms with Crippen LogP contribution in [0.15, 0.2) is 78.9 Å². The molecule has 2 heterocycles. The monoisotopic (exact) mass is 596 g/mol. The van der Waals surface area contributed by atoms with Crippen LogP contribution in [0, 0.1) is 10.8 Å². The van der Waals surface area contributed by atoms with Crippen LogP contribution in [0.1, 0.15) is 61.9 Å². The van der Waals surface area contributed by atoms with E-state index in [0.29, 0.717) is 29.3 Å². The summed E-state index contributed by atoms with van der Waals surface area (Å²) < 4.78 is 13.5. The third-order valence-corrected chi connectivity index (χ3v) is 7.95. The number of esters is 1. The molecule has 0 radical (unpaired) electrons. The van der Waals surface area contributed by atoms with Crippen molar-refractivity contribution >= 4 is 45.2 Å². The van der Waals surface area contributed by atoms with E-state index in [2.05, 4.69) is 4.57 Å². The lowest BCUT2D eigenvalue weighted by Crippen LogP contribution is -2.31. The Hall–Kier alpha value is -4.16. The maximum absolute atomic E-state index is 14.2. The Kier molecular flexibility index (Phi) is 8.35. The minimum atomic E-state index is -0.866. The van der Waals surface area contributed by atoms with Crippen LogP contribution in [-0.2, 0) is 29.1 Å². The summed E-state index contributed by atoms with van der Waals surface area (Å²) in [5.74, 6) is 0.293. The molecular weight excluding hydrogens is 560 g/mol. The van der Waals surface area contributed by atoms with Crippen LogP contribution in [0.2, 0.25) is 5.02 Å². The van der Waals surface area contributed by atoms with Crippen molar-refractivity contribution in [3.63, 3.8) is 0 Å². The van der Waals surface area contributed by atoms with Gasteiger partial charge in [-0.15, -0.1) is 0 Å². The van der Waals surface area contributed by atoms with Gasteiger partial charge in [0.2, 0.25) is 0 Å². The number of carbonyl (C=O) groups excluding carboxylic acids is 2. The number of hydrogen-bond donors (Lipinski definition) is 0. The zero-order valence-electron chi connectivity index (χ0n) is 25.5. The third-order valence-electron chi connectivity index (χ3n) is 7.69. The van der Waals surface area contributed by atoms with Gasteiger partial charge in [-0.25, -0.2) is 4.98 Å². The summed E-state index contributed by atoms with van der Waals surface area (Å²) in [6.45, 7) is 10.2. The Balaban J connectivity index is 1.63. The van der Waals surface area contributed by atoms with Crippen molar-refractivity contribution in [3.05, 3.63) is 106 Å². The number of Topliss-reactive ketones (excluding diaryl/α,β-unsaturated/α-hetero) is 1. The molecular formula is C36H37ClN2O4. The van der Waals surface area contributed by atoms with Gasteiger partial charge in [-0.05, 0) is 61.9 Å². The molecule has 0 aliphatic heterocycles. The molecule has 2 aromatic heterocycles. The maximum Gasteiger partial charge on any atom is 0.311 e. The van der Waals surface area contributed by atoms with Gasteiger partial charge >= 0.3 is 5.97 Å². The highest BCUT2D eigenvalue weighted by Crippen LogP contribution is 2.38. The number of fused-ring (bicyclic) bond motifs is 2. The highest BCUT2D eigenvalue weighted by atomic mass is 35.5. The molecule has 3 aromatic carbocycles. The predicted octanol–water partition coefficient (Wildman–Crippen LogP) is 8.44. The predicted molar refractivity (Wildman–Crippen MR) is 172 cm³/mol. The molecule has 0 aliphatic rings. The molecule has 7 heteroatoms. The SMILES string of the molecule is COC(=O)C(C)(C)Cc1c(C(=O)C(C)(C)C)c2cc(OCc3ccc4ccccc4n3)ccc2n1Cc1ccc(Cl)cc1. The highest BCUT2D eigenvalue weighted by Gasteiger charge is 2.36. The Morgan fingerprint density at radius 3 is 2.33 bits per heavy atom. The topological polar surface area (TPSA) is 70.4 Å². The van der Waals surface area contributed by atoms with Gasteiger partial charge in [0.05, 0.1) is 23.7 Å². The molecule has 0 bridgehead atoms. The van der Waals surface area contributed by atoms with E-state index in [4.69, 9.17) is 26.1 Å². The number of aromatic nitrogens is 2. The zero-order valence-corrected chi connectivity index (χ0v) is 26.3. The molecule has 0 aliphatic carbocycles. The summed E-state index contributed by atoms with van der Waals surface area (Å²) in [5.41, 5.74) is 3.49. The van der Waals surface area contributed by atoms with Crippen molar-refractivity contribution in [1.29, 1.82) is 0 Å². The van der Waals surface area contributed by atoms with E-state index in [0.717, 1.165) is 38.8 Å². The van der Waals surface area contributed by atoms with Crippen LogP contribution >= 0.6 is 11.6 Å². The number of pyridine rings is 1. The number of hydrogen-bond acceptors (Lipinski definition) is 5. The third kappa shape index (κ3) is 6.45. The first-order valence-corrected chi connectivity index (χ1v) is 14.8. The maximum atomic E-state index is 14.2. The van der Waals surface area contributed by atoms with E-state index < -0.39 is 10.8 Å². The van der Waals surface area contributed by atoms with Gasteiger partial charge in [0.15, 0.2) is 5.78 Å². The molecule has 43 heavy (non-hydrogen) atoms. The molecule has 5 aromatic rings. The number of nitrogens with zero attached hydrogens (tertiary/aromatic N) is 2. The number of carbonyl (C=O) groups is 2. The molecule has 5 rings (SSSR count). The quantitative estimate of drug-likeness (QED) is 0.126. The van der Waals surface area contributed by atoms with Crippen molar-refractivity contribution < 1.29 is 19.1 Å². The molecule has 0 unspecified atom stereocenters. The second-order valence-electron chi connectivity index (χ2n) is 12.6. The van der Waals surface area contributed by atoms with Crippen LogP contribution in [0.4, 0.5) is 0 Å². The summed E-state index contributed by atoms with van der Waals surface area (Å²) in [5, 5.41) is 2.51. The van der Waals surface area contributed by atoms with Crippen molar-refractivity contribution in [3.8, 4) is 5.75 Å². The lowest BCUT2D eigenvalue weighted by atomic mass is 9.81. The number of benzene rings is 3. The zero-order chi connectivity index (χ0) is 30.9. The Bertz CT molecular complexity index is 1810. The van der Waals surface area contributed by atoms with Gasteiger partial charge in [0.25, 0.3) is 0 Å². The second kappa shape index (κ2) is 11.8. The largest absolute Gasteiger partial charge is 0.487 e. The van der Waals surface area contributed by atoms with E-state index in [9.17, 15) is 9.59 Å². The molecule has 0 saturated heterocycles. The lowest BCUT2D eigenvalue weighted by molar-refractivity contribution is -0.150. The number of rotatable bonds is 9. The van der Waals surface area contributed by atoms with E-state index >= 15 is 0 Å². The fraction of sp³-hybridized carbons (Fsp3) is 0.306. The van der Waals surface area contributed by atoms with Gasteiger partial charge in [-0.3, -0.25) is 9.59 Å². The molecule has 6 nitrogen and oxygen atoms in total. The van der Waals surface area contributed by atoms with Gasteiger partial charge in [-0.2, -0.15) is 0 Å². The standard InChI is InChI=1S/C36H37ClN2O4/c1-35(2,3)33(40)32-28-19-27(43-22-26-16-13-24-9-7-8-10-29(24)38-26)17-18-30(28)39(21-23-11-14-25(37)15-12-23)31(32)20-36(4,5)34(41)42-6/h7-19H,20-22H2,1-6H3. The summed E-state index contributed by atoms with van der Waals surface area (Å²) in [6.07, 6.45) is 0.316. The number of para-hydroxylation sites is 1. The number of methoxy groups -OCH3 is 1. The first-order valence-electron chi connectivity index (χ1n) is 14.4. The first kappa shape index (κ1) is 30.3. The molecule has 0 spiro atoms. The molecule has 222 valence electrons. The number of ketones is 1. The van der Waals surface area contributed by atoms with E-state index in [1.54, 1.807) is 0 Å². The summed E-state index contributed by atoms with van der Waals surface area (Å²) in [7, 11) is 1.39. The van der Waals surface area contributed by atoms with Crippen LogP contribution in [0.3, 0.4) is 0 Å². The summed E-state index contributed by atoms with van der Waals surface area (Å²) >= 11 is 6.17. The van der Waals surface area contributed by atoms with Crippen molar-refractivity contribution in [2.45, 2.75) is 54.2 Å². The van der Waals surface area contributed by atoms with Gasteiger partial charge in [0, 0.05) is 50.9 Å². The van der Waals surface area contributed by atoms with Crippen molar-refractivity contribution in [2.75, 3.05) is 7.11 Å². The number of halogens is 1. The Labute approximate surface area is 257 Å². The first-order chi connectivity index (χ1) is 20.4. The van der Waals surface area contributed by atoms with Crippen LogP contribution in [-0.4, -0.2) is 28.4 Å². The lowest BCUT2D eigenvalue weighted by Gasteiger charge is -2.25. The Morgan fingerprint density at radius 2 is 1.63 bits per heavy atom. The molecule has 0 amide bonds. The van der Waals surface area contributed by atoms with Crippen LogP contribution in [0.5, 0.6) is 5.75 Å². The van der Waals surface area contributed by atoms with Crippen LogP contribution < -0.4 is 4.74 Å². The fourth-order valence-electron chi connectivity index (χ4n) is 5.35. The average Bonchev–Trinajstić information content (AvgIpc) is 3.26. The van der Waals surface area contributed by atoms with Gasteiger partial charge in [-0.1, -0.05) is 68.8 Å². The minimum Gasteiger partial charge on any atom is -0.487 e. The van der Waals surface area contributed by atoms with Gasteiger partial charge < -0.3 is 14.0 Å². The van der Waals surface area contributed by atoms with E-state index in [-0.39, 0.29) is 18.4 Å². The summed E-state index contributed by atoms with van der Waals surface area (Å²) in [4.78, 5) is 31.7. The second-order valence-corrected chi connectivity index (χ2v) is 13.1. The summed E-state index contributed by atoms with van der Waals surface area (Å²) in [6, 6.07) is 25.5. The van der Waals surface area contributed by atoms with Crippen molar-refractivity contribution in [2.24, 2.45) is 10.8 Å². The van der Waals surface area contributed by atoms with Crippen LogP contribution in [0.25, 0.3) is 21.8 Å². The van der Waals surface area contributed by atoms with E-state index in [1.165, 1.54) is 7.11 Å². The normalized spacial score (nSPS) is 12.1. The molecule has 0 N–H and O–H groups in total. The molecule has 0 atom stereocenters. The smallest absolute Gasteiger partial charge is 0.311 e. The molecule has 0 saturated carbocycles. The highest BCUT2D eigenvalue weighted by molar-refractivity contribution is 6.30. The van der Waals surface area contributed by atoms with E-state index in [1.807, 2.05) is 113 Å². The van der Waals surface area contributed by atoms with Crippen molar-refractivity contribution in [1.82, 2.24) is 9.55 Å². The Morgan fingerprint density at radius 1 is 0.907 bits per heavy atom. The molecule has 0 fully saturated rings. The minimum absolute atomic E-state index is 0.00336. The fourth-order valence-corrected chi connectivity index (χ4v) is 5.48. The van der Waals surface area contributed by atoms with Gasteiger partial charge in [0.1, 0.15) is 12.4 Å².